The number of benzene rings is 2. The summed E-state index contributed by atoms with van der Waals surface area (Å²) in [5.41, 5.74) is 10.3. The summed E-state index contributed by atoms with van der Waals surface area (Å²) in [6.45, 7) is 4.49. The molecule has 0 spiro atoms. The van der Waals surface area contributed by atoms with E-state index in [-0.39, 0.29) is 0 Å². The molecule has 0 saturated carbocycles. The molecule has 1 aliphatic heterocycles. The Balaban J connectivity index is 1.76. The van der Waals surface area contributed by atoms with Crippen molar-refractivity contribution in [2.75, 3.05) is 43.9 Å². The quantitative estimate of drug-likeness (QED) is 0.849. The van der Waals surface area contributed by atoms with Gasteiger partial charge in [0.2, 0.25) is 0 Å². The minimum absolute atomic E-state index is 0.808. The maximum absolute atomic E-state index is 5.73. The third-order valence-electron chi connectivity index (χ3n) is 3.98. The molecule has 0 unspecified atom stereocenters. The fourth-order valence-electron chi connectivity index (χ4n) is 2.60. The van der Waals surface area contributed by atoms with E-state index in [1.165, 1.54) is 16.8 Å². The molecule has 0 aliphatic carbocycles. The highest BCUT2D eigenvalue weighted by Gasteiger charge is 2.13. The Labute approximate surface area is 120 Å². The molecule has 3 rings (SSSR count). The highest BCUT2D eigenvalue weighted by atomic mass is 15.2. The van der Waals surface area contributed by atoms with Crippen LogP contribution < -0.4 is 10.6 Å². The van der Waals surface area contributed by atoms with Crippen molar-refractivity contribution in [1.82, 2.24) is 4.90 Å². The summed E-state index contributed by atoms with van der Waals surface area (Å²) in [5, 5.41) is 0. The number of hydrogen-bond donors (Lipinski definition) is 1. The average Bonchev–Trinajstić information content (AvgIpc) is 2.49. The molecule has 0 radical (unpaired) electrons. The zero-order valence-electron chi connectivity index (χ0n) is 11.9. The summed E-state index contributed by atoms with van der Waals surface area (Å²) < 4.78 is 0. The third kappa shape index (κ3) is 2.78. The van der Waals surface area contributed by atoms with Crippen molar-refractivity contribution in [3.8, 4) is 11.1 Å². The second kappa shape index (κ2) is 5.55. The fraction of sp³-hybridized carbons (Fsp3) is 0.294. The Morgan fingerprint density at radius 2 is 1.25 bits per heavy atom. The van der Waals surface area contributed by atoms with Gasteiger partial charge in [0.05, 0.1) is 0 Å². The minimum atomic E-state index is 0.808. The van der Waals surface area contributed by atoms with Gasteiger partial charge in [-0.15, -0.1) is 0 Å². The molecule has 0 atom stereocenters. The summed E-state index contributed by atoms with van der Waals surface area (Å²) in [4.78, 5) is 4.83. The number of piperazine rings is 1. The van der Waals surface area contributed by atoms with E-state index in [1.54, 1.807) is 0 Å². The monoisotopic (exact) mass is 267 g/mol. The molecule has 2 aromatic carbocycles. The normalized spacial score (nSPS) is 16.4. The molecule has 1 heterocycles. The topological polar surface area (TPSA) is 32.5 Å². The standard InChI is InChI=1S/C17H21N3/c1-19-10-12-20(13-11-19)17-8-4-15(5-9-17)14-2-6-16(18)7-3-14/h2-9H,10-13,18H2,1H3. The summed E-state index contributed by atoms with van der Waals surface area (Å²) in [5.74, 6) is 0. The van der Waals surface area contributed by atoms with Gasteiger partial charge in [0, 0.05) is 37.6 Å². The van der Waals surface area contributed by atoms with E-state index in [2.05, 4.69) is 53.2 Å². The van der Waals surface area contributed by atoms with E-state index >= 15 is 0 Å². The van der Waals surface area contributed by atoms with Crippen LogP contribution in [0.5, 0.6) is 0 Å². The fourth-order valence-corrected chi connectivity index (χ4v) is 2.60. The Morgan fingerprint density at radius 1 is 0.750 bits per heavy atom. The first-order chi connectivity index (χ1) is 9.72. The van der Waals surface area contributed by atoms with Crippen LogP contribution in [-0.2, 0) is 0 Å². The lowest BCUT2D eigenvalue weighted by Crippen LogP contribution is -2.44. The average molecular weight is 267 g/mol. The molecule has 1 aliphatic rings. The highest BCUT2D eigenvalue weighted by molar-refractivity contribution is 5.68. The number of hydrogen-bond acceptors (Lipinski definition) is 3. The number of anilines is 2. The number of nitrogens with zero attached hydrogens (tertiary/aromatic N) is 2. The molecule has 0 aromatic heterocycles. The Bertz CT molecular complexity index is 552. The van der Waals surface area contributed by atoms with Crippen LogP contribution in [0.3, 0.4) is 0 Å². The van der Waals surface area contributed by atoms with E-state index in [0.717, 1.165) is 31.9 Å². The zero-order valence-corrected chi connectivity index (χ0v) is 11.9. The lowest BCUT2D eigenvalue weighted by atomic mass is 10.0. The van der Waals surface area contributed by atoms with Crippen molar-refractivity contribution in [3.63, 3.8) is 0 Å². The molecule has 1 fully saturated rings. The number of nitrogens with two attached hydrogens (primary N) is 1. The van der Waals surface area contributed by atoms with Crippen LogP contribution in [-0.4, -0.2) is 38.1 Å². The lowest BCUT2D eigenvalue weighted by molar-refractivity contribution is 0.313. The van der Waals surface area contributed by atoms with Crippen molar-refractivity contribution in [3.05, 3.63) is 48.5 Å². The van der Waals surface area contributed by atoms with Gasteiger partial charge in [-0.2, -0.15) is 0 Å². The Hall–Kier alpha value is -2.00. The minimum Gasteiger partial charge on any atom is -0.399 e. The van der Waals surface area contributed by atoms with Gasteiger partial charge in [-0.3, -0.25) is 0 Å². The number of nitrogen functional groups attached to an aromatic ring is 1. The highest BCUT2D eigenvalue weighted by Crippen LogP contribution is 2.24. The Morgan fingerprint density at radius 3 is 1.80 bits per heavy atom. The van der Waals surface area contributed by atoms with Crippen LogP contribution in [0.4, 0.5) is 11.4 Å². The second-order valence-electron chi connectivity index (χ2n) is 5.46. The molecule has 3 heteroatoms. The molecular formula is C17H21N3. The summed E-state index contributed by atoms with van der Waals surface area (Å²) >= 11 is 0. The van der Waals surface area contributed by atoms with Crippen molar-refractivity contribution >= 4 is 11.4 Å². The zero-order chi connectivity index (χ0) is 13.9. The van der Waals surface area contributed by atoms with Gasteiger partial charge in [-0.1, -0.05) is 24.3 Å². The first-order valence-electron chi connectivity index (χ1n) is 7.12. The predicted octanol–water partition coefficient (Wildman–Crippen LogP) is 2.69. The van der Waals surface area contributed by atoms with Gasteiger partial charge < -0.3 is 15.5 Å². The van der Waals surface area contributed by atoms with Crippen molar-refractivity contribution in [2.45, 2.75) is 0 Å². The molecular weight excluding hydrogens is 246 g/mol. The van der Waals surface area contributed by atoms with Crippen LogP contribution in [0.25, 0.3) is 11.1 Å². The molecule has 104 valence electrons. The molecule has 3 nitrogen and oxygen atoms in total. The first-order valence-corrected chi connectivity index (χ1v) is 7.12. The molecule has 0 amide bonds. The van der Waals surface area contributed by atoms with Crippen LogP contribution in [0.15, 0.2) is 48.5 Å². The van der Waals surface area contributed by atoms with E-state index in [9.17, 15) is 0 Å². The maximum atomic E-state index is 5.73. The van der Waals surface area contributed by atoms with Gasteiger partial charge in [-0.05, 0) is 42.4 Å². The van der Waals surface area contributed by atoms with Gasteiger partial charge >= 0.3 is 0 Å². The second-order valence-corrected chi connectivity index (χ2v) is 5.46. The Kier molecular flexibility index (Phi) is 3.61. The van der Waals surface area contributed by atoms with Gasteiger partial charge in [0.15, 0.2) is 0 Å². The van der Waals surface area contributed by atoms with E-state index in [4.69, 9.17) is 5.73 Å². The van der Waals surface area contributed by atoms with Gasteiger partial charge in [0.25, 0.3) is 0 Å². The smallest absolute Gasteiger partial charge is 0.0367 e. The molecule has 2 N–H and O–H groups in total. The lowest BCUT2D eigenvalue weighted by Gasteiger charge is -2.34. The number of rotatable bonds is 2. The molecule has 2 aromatic rings. The van der Waals surface area contributed by atoms with Crippen molar-refractivity contribution < 1.29 is 0 Å². The largest absolute Gasteiger partial charge is 0.399 e. The SMILES string of the molecule is CN1CCN(c2ccc(-c3ccc(N)cc3)cc2)CC1. The molecule has 20 heavy (non-hydrogen) atoms. The van der Waals surface area contributed by atoms with Gasteiger partial charge in [0.1, 0.15) is 0 Å². The van der Waals surface area contributed by atoms with Crippen LogP contribution in [0.1, 0.15) is 0 Å². The van der Waals surface area contributed by atoms with Crippen LogP contribution in [0.2, 0.25) is 0 Å². The van der Waals surface area contributed by atoms with E-state index in [1.807, 2.05) is 12.1 Å². The van der Waals surface area contributed by atoms with Gasteiger partial charge in [-0.25, -0.2) is 0 Å². The third-order valence-corrected chi connectivity index (χ3v) is 3.98. The molecule has 1 saturated heterocycles. The van der Waals surface area contributed by atoms with E-state index < -0.39 is 0 Å². The summed E-state index contributed by atoms with van der Waals surface area (Å²) in [6, 6.07) is 16.9. The first kappa shape index (κ1) is 13.0. The summed E-state index contributed by atoms with van der Waals surface area (Å²) in [7, 11) is 2.18. The number of likely N-dealkylation sites (N-methyl/N-ethyl adjacent to an activating group) is 1. The van der Waals surface area contributed by atoms with Crippen LogP contribution >= 0.6 is 0 Å². The van der Waals surface area contributed by atoms with Crippen molar-refractivity contribution in [2.24, 2.45) is 0 Å². The van der Waals surface area contributed by atoms with Crippen LogP contribution in [0, 0.1) is 0 Å². The van der Waals surface area contributed by atoms with Crippen molar-refractivity contribution in [1.29, 1.82) is 0 Å². The molecule has 0 bridgehead atoms. The summed E-state index contributed by atoms with van der Waals surface area (Å²) in [6.07, 6.45) is 0. The van der Waals surface area contributed by atoms with E-state index in [0.29, 0.717) is 0 Å². The maximum Gasteiger partial charge on any atom is 0.0367 e. The predicted molar refractivity (Wildman–Crippen MR) is 86.0 cm³/mol.